The minimum Gasteiger partial charge on any atom is -0.317 e. The summed E-state index contributed by atoms with van der Waals surface area (Å²) in [6, 6.07) is 0. The molecule has 0 fully saturated rings. The van der Waals surface area contributed by atoms with Crippen LogP contribution < -0.4 is 5.32 Å². The zero-order chi connectivity index (χ0) is 11.7. The quantitative estimate of drug-likeness (QED) is 0.804. The van der Waals surface area contributed by atoms with Gasteiger partial charge in [0.25, 0.3) is 0 Å². The Balaban J connectivity index is 2.47. The van der Waals surface area contributed by atoms with Gasteiger partial charge in [-0.2, -0.15) is 0 Å². The molecule has 86 valence electrons. The molecule has 0 aliphatic heterocycles. The van der Waals surface area contributed by atoms with Gasteiger partial charge in [-0.1, -0.05) is 0 Å². The molecule has 1 heterocycles. The molecule has 0 bridgehead atoms. The van der Waals surface area contributed by atoms with E-state index in [0.29, 0.717) is 0 Å². The van der Waals surface area contributed by atoms with Gasteiger partial charge in [0.05, 0.1) is 5.56 Å². The molecular formula is C12H15NO2S. The maximum atomic E-state index is 11.6. The number of carbonyl (C=O) groups is 2. The number of carbonyl (C=O) groups excluding carboxylic acids is 2. The first-order valence-electron chi connectivity index (χ1n) is 5.52. The van der Waals surface area contributed by atoms with Gasteiger partial charge in [0.2, 0.25) is 5.91 Å². The van der Waals surface area contributed by atoms with E-state index in [1.54, 1.807) is 18.3 Å². The van der Waals surface area contributed by atoms with Crippen molar-refractivity contribution in [3.63, 3.8) is 0 Å². The second-order valence-electron chi connectivity index (χ2n) is 4.15. The van der Waals surface area contributed by atoms with Gasteiger partial charge in [-0.25, -0.2) is 0 Å². The van der Waals surface area contributed by atoms with Crippen LogP contribution >= 0.6 is 11.3 Å². The van der Waals surface area contributed by atoms with Crippen LogP contribution in [-0.2, 0) is 17.6 Å². The number of nitrogens with one attached hydrogen (secondary N) is 1. The van der Waals surface area contributed by atoms with Crippen LogP contribution in [-0.4, -0.2) is 11.7 Å². The maximum absolute atomic E-state index is 11.6. The Hall–Kier alpha value is -1.16. The SMILES string of the molecule is CC(=O)Nc1sc2c(c1C(C)=O)CCCC2. The molecule has 16 heavy (non-hydrogen) atoms. The molecule has 3 nitrogen and oxygen atoms in total. The molecule has 0 atom stereocenters. The number of anilines is 1. The number of ketones is 1. The highest BCUT2D eigenvalue weighted by Gasteiger charge is 2.23. The van der Waals surface area contributed by atoms with Gasteiger partial charge in [-0.15, -0.1) is 11.3 Å². The van der Waals surface area contributed by atoms with Crippen molar-refractivity contribution >= 4 is 28.0 Å². The fraction of sp³-hybridized carbons (Fsp3) is 0.500. The Morgan fingerprint density at radius 1 is 1.19 bits per heavy atom. The topological polar surface area (TPSA) is 46.2 Å². The molecule has 0 aromatic carbocycles. The minimum atomic E-state index is -0.110. The molecule has 1 amide bonds. The molecular weight excluding hydrogens is 222 g/mol. The van der Waals surface area contributed by atoms with E-state index in [1.807, 2.05) is 0 Å². The van der Waals surface area contributed by atoms with Crippen LogP contribution in [0.25, 0.3) is 0 Å². The molecule has 1 aromatic rings. The molecule has 1 aromatic heterocycles. The first-order valence-corrected chi connectivity index (χ1v) is 6.34. The van der Waals surface area contributed by atoms with E-state index in [-0.39, 0.29) is 11.7 Å². The molecule has 0 unspecified atom stereocenters. The highest BCUT2D eigenvalue weighted by atomic mass is 32.1. The zero-order valence-electron chi connectivity index (χ0n) is 9.55. The summed E-state index contributed by atoms with van der Waals surface area (Å²) in [5.41, 5.74) is 1.92. The fourth-order valence-electron chi connectivity index (χ4n) is 2.19. The first-order chi connectivity index (χ1) is 7.59. The van der Waals surface area contributed by atoms with Crippen molar-refractivity contribution in [2.45, 2.75) is 39.5 Å². The van der Waals surface area contributed by atoms with Crippen LogP contribution in [0, 0.1) is 0 Å². The lowest BCUT2D eigenvalue weighted by atomic mass is 9.94. The predicted octanol–water partition coefficient (Wildman–Crippen LogP) is 2.79. The number of amides is 1. The third kappa shape index (κ3) is 2.02. The summed E-state index contributed by atoms with van der Waals surface area (Å²) in [6.45, 7) is 3.05. The Bertz CT molecular complexity index is 448. The number of hydrogen-bond acceptors (Lipinski definition) is 3. The van der Waals surface area contributed by atoms with E-state index in [9.17, 15) is 9.59 Å². The fourth-order valence-corrected chi connectivity index (χ4v) is 3.57. The third-order valence-corrected chi connectivity index (χ3v) is 4.02. The van der Waals surface area contributed by atoms with Crippen molar-refractivity contribution in [3.05, 3.63) is 16.0 Å². The van der Waals surface area contributed by atoms with E-state index in [0.717, 1.165) is 29.8 Å². The van der Waals surface area contributed by atoms with Crippen LogP contribution in [0.1, 0.15) is 47.5 Å². The summed E-state index contributed by atoms with van der Waals surface area (Å²) in [5.74, 6) is -0.0516. The minimum absolute atomic E-state index is 0.0585. The molecule has 1 aliphatic rings. The first kappa shape index (κ1) is 11.3. The summed E-state index contributed by atoms with van der Waals surface area (Å²) >= 11 is 1.57. The van der Waals surface area contributed by atoms with E-state index >= 15 is 0 Å². The lowest BCUT2D eigenvalue weighted by Gasteiger charge is -2.11. The summed E-state index contributed by atoms with van der Waals surface area (Å²) in [6.07, 6.45) is 4.34. The van der Waals surface area contributed by atoms with Crippen molar-refractivity contribution in [1.82, 2.24) is 0 Å². The molecule has 0 saturated heterocycles. The monoisotopic (exact) mass is 237 g/mol. The molecule has 0 radical (unpaired) electrons. The number of rotatable bonds is 2. The summed E-state index contributed by atoms with van der Waals surface area (Å²) in [7, 11) is 0. The maximum Gasteiger partial charge on any atom is 0.221 e. The van der Waals surface area contributed by atoms with Crippen molar-refractivity contribution in [2.75, 3.05) is 5.32 Å². The van der Waals surface area contributed by atoms with Crippen molar-refractivity contribution < 1.29 is 9.59 Å². The molecule has 1 aliphatic carbocycles. The number of fused-ring (bicyclic) bond motifs is 1. The van der Waals surface area contributed by atoms with Crippen LogP contribution in [0.2, 0.25) is 0 Å². The van der Waals surface area contributed by atoms with E-state index in [1.165, 1.54) is 23.8 Å². The number of aryl methyl sites for hydroxylation is 1. The second kappa shape index (κ2) is 4.37. The van der Waals surface area contributed by atoms with Gasteiger partial charge in [-0.3, -0.25) is 9.59 Å². The molecule has 1 N–H and O–H groups in total. The summed E-state index contributed by atoms with van der Waals surface area (Å²) in [5, 5.41) is 3.51. The smallest absolute Gasteiger partial charge is 0.221 e. The summed E-state index contributed by atoms with van der Waals surface area (Å²) < 4.78 is 0. The lowest BCUT2D eigenvalue weighted by molar-refractivity contribution is -0.114. The van der Waals surface area contributed by atoms with Crippen LogP contribution in [0.3, 0.4) is 0 Å². The lowest BCUT2D eigenvalue weighted by Crippen LogP contribution is -2.09. The average molecular weight is 237 g/mol. The standard InChI is InChI=1S/C12H15NO2S/c1-7(14)11-9-5-3-4-6-10(9)16-12(11)13-8(2)15/h3-6H2,1-2H3,(H,13,15). The Kier molecular flexibility index (Phi) is 3.10. The molecule has 0 spiro atoms. The van der Waals surface area contributed by atoms with Gasteiger partial charge in [0.1, 0.15) is 5.00 Å². The number of hydrogen-bond donors (Lipinski definition) is 1. The second-order valence-corrected chi connectivity index (χ2v) is 5.26. The Labute approximate surface area is 98.9 Å². The van der Waals surface area contributed by atoms with Crippen LogP contribution in [0.4, 0.5) is 5.00 Å². The zero-order valence-corrected chi connectivity index (χ0v) is 10.4. The number of thiophene rings is 1. The van der Waals surface area contributed by atoms with Crippen LogP contribution in [0.15, 0.2) is 0 Å². The van der Waals surface area contributed by atoms with Crippen molar-refractivity contribution in [1.29, 1.82) is 0 Å². The van der Waals surface area contributed by atoms with Gasteiger partial charge >= 0.3 is 0 Å². The predicted molar refractivity (Wildman–Crippen MR) is 65.3 cm³/mol. The Morgan fingerprint density at radius 3 is 2.50 bits per heavy atom. The number of Topliss-reactive ketones (excluding diaryl/α,β-unsaturated/α-hetero) is 1. The molecule has 4 heteroatoms. The van der Waals surface area contributed by atoms with E-state index in [4.69, 9.17) is 0 Å². The molecule has 2 rings (SSSR count). The summed E-state index contributed by atoms with van der Waals surface area (Å²) in [4.78, 5) is 24.0. The van der Waals surface area contributed by atoms with Gasteiger partial charge in [-0.05, 0) is 38.2 Å². The third-order valence-electron chi connectivity index (χ3n) is 2.81. The normalized spacial score (nSPS) is 14.4. The van der Waals surface area contributed by atoms with E-state index < -0.39 is 0 Å². The molecule has 0 saturated carbocycles. The van der Waals surface area contributed by atoms with Crippen molar-refractivity contribution in [2.24, 2.45) is 0 Å². The van der Waals surface area contributed by atoms with E-state index in [2.05, 4.69) is 5.32 Å². The highest BCUT2D eigenvalue weighted by molar-refractivity contribution is 7.17. The Morgan fingerprint density at radius 2 is 1.88 bits per heavy atom. The largest absolute Gasteiger partial charge is 0.317 e. The van der Waals surface area contributed by atoms with Crippen molar-refractivity contribution in [3.8, 4) is 0 Å². The highest BCUT2D eigenvalue weighted by Crippen LogP contribution is 2.38. The average Bonchev–Trinajstić information content (AvgIpc) is 2.53. The van der Waals surface area contributed by atoms with Gasteiger partial charge < -0.3 is 5.32 Å². The van der Waals surface area contributed by atoms with Gasteiger partial charge in [0.15, 0.2) is 5.78 Å². The van der Waals surface area contributed by atoms with Crippen LogP contribution in [0.5, 0.6) is 0 Å². The van der Waals surface area contributed by atoms with Gasteiger partial charge in [0, 0.05) is 11.8 Å².